The third kappa shape index (κ3) is 4.51. The Balaban J connectivity index is 1.15. The first-order valence-electron chi connectivity index (χ1n) is 11.5. The van der Waals surface area contributed by atoms with Crippen molar-refractivity contribution in [3.8, 4) is 11.1 Å². The molecule has 180 valence electrons. The number of nitrogens with one attached hydrogen (secondary N) is 2. The molecule has 1 unspecified atom stereocenters. The molecule has 1 saturated carbocycles. The second-order valence-corrected chi connectivity index (χ2v) is 9.92. The Kier molecular flexibility index (Phi) is 6.02. The minimum Gasteiger partial charge on any atom is -0.476 e. The van der Waals surface area contributed by atoms with Gasteiger partial charge in [0.25, 0.3) is 0 Å². The molecular formula is C26H25N3O5S. The summed E-state index contributed by atoms with van der Waals surface area (Å²) in [7, 11) is 0. The number of aromatic nitrogens is 1. The largest absolute Gasteiger partial charge is 0.476 e. The van der Waals surface area contributed by atoms with Crippen LogP contribution in [0.15, 0.2) is 53.9 Å². The summed E-state index contributed by atoms with van der Waals surface area (Å²) in [5.74, 6) is -1.31. The number of rotatable bonds is 8. The maximum absolute atomic E-state index is 12.9. The van der Waals surface area contributed by atoms with Gasteiger partial charge in [0.05, 0.1) is 11.5 Å². The molecule has 2 aliphatic rings. The van der Waals surface area contributed by atoms with Gasteiger partial charge in [-0.3, -0.25) is 4.79 Å². The minimum atomic E-state index is -1.10. The average Bonchev–Trinajstić information content (AvgIpc) is 3.36. The Morgan fingerprint density at radius 3 is 2.31 bits per heavy atom. The zero-order valence-electron chi connectivity index (χ0n) is 19.1. The molecule has 5 rings (SSSR count). The lowest BCUT2D eigenvalue weighted by Gasteiger charge is -2.19. The van der Waals surface area contributed by atoms with Gasteiger partial charge in [0.15, 0.2) is 5.69 Å². The molecule has 3 N–H and O–H groups in total. The molecule has 3 aromatic rings. The molecule has 1 fully saturated rings. The summed E-state index contributed by atoms with van der Waals surface area (Å²) in [4.78, 5) is 40.5. The predicted octanol–water partition coefficient (Wildman–Crippen LogP) is 4.34. The first-order valence-corrected chi connectivity index (χ1v) is 12.3. The van der Waals surface area contributed by atoms with E-state index >= 15 is 0 Å². The number of amides is 2. The van der Waals surface area contributed by atoms with Crippen molar-refractivity contribution in [2.45, 2.75) is 31.7 Å². The van der Waals surface area contributed by atoms with E-state index in [0.717, 1.165) is 22.3 Å². The lowest BCUT2D eigenvalue weighted by atomic mass is 9.98. The van der Waals surface area contributed by atoms with Crippen LogP contribution in [0, 0.1) is 5.41 Å². The fourth-order valence-electron chi connectivity index (χ4n) is 4.52. The van der Waals surface area contributed by atoms with Crippen molar-refractivity contribution in [1.29, 1.82) is 0 Å². The van der Waals surface area contributed by atoms with Crippen molar-refractivity contribution in [3.63, 3.8) is 0 Å². The SMILES string of the molecule is CC(NC(=O)C1(CNC(=O)OCC2c3ccccc3-c3ccccc32)CC1)c1nc(C(=O)O)cs1. The van der Waals surface area contributed by atoms with E-state index in [1.54, 1.807) is 6.92 Å². The molecule has 8 nitrogen and oxygen atoms in total. The molecule has 35 heavy (non-hydrogen) atoms. The van der Waals surface area contributed by atoms with Gasteiger partial charge in [0, 0.05) is 17.8 Å². The zero-order valence-corrected chi connectivity index (χ0v) is 19.9. The van der Waals surface area contributed by atoms with Gasteiger partial charge in [0.2, 0.25) is 5.91 Å². The van der Waals surface area contributed by atoms with Gasteiger partial charge >= 0.3 is 12.1 Å². The number of hydrogen-bond donors (Lipinski definition) is 3. The van der Waals surface area contributed by atoms with Crippen LogP contribution in [-0.4, -0.2) is 41.2 Å². The highest BCUT2D eigenvalue weighted by Crippen LogP contribution is 2.46. The van der Waals surface area contributed by atoms with Crippen LogP contribution < -0.4 is 10.6 Å². The molecule has 0 bridgehead atoms. The number of thiazole rings is 1. The zero-order chi connectivity index (χ0) is 24.6. The molecule has 0 aliphatic heterocycles. The number of benzene rings is 2. The normalized spacial score (nSPS) is 16.0. The summed E-state index contributed by atoms with van der Waals surface area (Å²) < 4.78 is 5.57. The van der Waals surface area contributed by atoms with E-state index in [2.05, 4.69) is 39.9 Å². The van der Waals surface area contributed by atoms with Crippen molar-refractivity contribution >= 4 is 29.3 Å². The first kappa shape index (κ1) is 23.0. The summed E-state index contributed by atoms with van der Waals surface area (Å²) in [5, 5.41) is 16.7. The van der Waals surface area contributed by atoms with E-state index < -0.39 is 23.5 Å². The Morgan fingerprint density at radius 1 is 1.11 bits per heavy atom. The first-order chi connectivity index (χ1) is 16.9. The molecular weight excluding hydrogens is 466 g/mol. The Bertz CT molecular complexity index is 1250. The number of carbonyl (C=O) groups is 3. The Labute approximate surface area is 206 Å². The molecule has 2 aromatic carbocycles. The van der Waals surface area contributed by atoms with Crippen LogP contribution in [-0.2, 0) is 9.53 Å². The quantitative estimate of drug-likeness (QED) is 0.432. The van der Waals surface area contributed by atoms with Crippen molar-refractivity contribution in [2.75, 3.05) is 13.2 Å². The smallest absolute Gasteiger partial charge is 0.407 e. The van der Waals surface area contributed by atoms with Crippen molar-refractivity contribution in [2.24, 2.45) is 5.41 Å². The number of hydrogen-bond acceptors (Lipinski definition) is 6. The van der Waals surface area contributed by atoms with Gasteiger partial charge in [-0.2, -0.15) is 0 Å². The second kappa shape index (κ2) is 9.14. The number of aromatic carboxylic acids is 1. The fraction of sp³-hybridized carbons (Fsp3) is 0.308. The molecule has 0 saturated heterocycles. The number of nitrogens with zero attached hydrogens (tertiary/aromatic N) is 1. The Hall–Kier alpha value is -3.72. The highest BCUT2D eigenvalue weighted by atomic mass is 32.1. The molecule has 0 radical (unpaired) electrons. The number of alkyl carbamates (subject to hydrolysis) is 1. The molecule has 1 aromatic heterocycles. The third-order valence-electron chi connectivity index (χ3n) is 6.71. The lowest BCUT2D eigenvalue weighted by Crippen LogP contribution is -2.41. The van der Waals surface area contributed by atoms with Gasteiger partial charge in [0.1, 0.15) is 11.6 Å². The van der Waals surface area contributed by atoms with Crippen molar-refractivity contribution in [1.82, 2.24) is 15.6 Å². The average molecular weight is 492 g/mol. The van der Waals surface area contributed by atoms with Crippen LogP contribution >= 0.6 is 11.3 Å². The van der Waals surface area contributed by atoms with Gasteiger partial charge in [-0.25, -0.2) is 14.6 Å². The second-order valence-electron chi connectivity index (χ2n) is 9.03. The van der Waals surface area contributed by atoms with Gasteiger partial charge in [-0.15, -0.1) is 11.3 Å². The molecule has 2 aliphatic carbocycles. The van der Waals surface area contributed by atoms with Crippen molar-refractivity contribution < 1.29 is 24.2 Å². The highest BCUT2D eigenvalue weighted by molar-refractivity contribution is 7.09. The minimum absolute atomic E-state index is 0.0267. The number of carboxylic acids is 1. The van der Waals surface area contributed by atoms with E-state index in [-0.39, 0.29) is 30.7 Å². The number of fused-ring (bicyclic) bond motifs is 3. The third-order valence-corrected chi connectivity index (χ3v) is 7.74. The van der Waals surface area contributed by atoms with E-state index in [1.165, 1.54) is 16.7 Å². The number of ether oxygens (including phenoxy) is 1. The summed E-state index contributed by atoms with van der Waals surface area (Å²) in [5.41, 5.74) is 3.89. The van der Waals surface area contributed by atoms with Crippen molar-refractivity contribution in [3.05, 3.63) is 75.7 Å². The number of carbonyl (C=O) groups excluding carboxylic acids is 2. The maximum Gasteiger partial charge on any atom is 0.407 e. The molecule has 9 heteroatoms. The topological polar surface area (TPSA) is 118 Å². The van der Waals surface area contributed by atoms with Crippen LogP contribution in [0.2, 0.25) is 0 Å². The van der Waals surface area contributed by atoms with Crippen LogP contribution in [0.1, 0.15) is 58.3 Å². The summed E-state index contributed by atoms with van der Waals surface area (Å²) in [6.07, 6.45) is 0.769. The monoisotopic (exact) mass is 491 g/mol. The van der Waals surface area contributed by atoms with Crippen LogP contribution in [0.5, 0.6) is 0 Å². The van der Waals surface area contributed by atoms with E-state index in [4.69, 9.17) is 9.84 Å². The summed E-state index contributed by atoms with van der Waals surface area (Å²) >= 11 is 1.19. The predicted molar refractivity (Wildman–Crippen MR) is 130 cm³/mol. The van der Waals surface area contributed by atoms with E-state index in [1.807, 2.05) is 24.3 Å². The Morgan fingerprint density at radius 2 is 1.74 bits per heavy atom. The van der Waals surface area contributed by atoms with Crippen LogP contribution in [0.3, 0.4) is 0 Å². The van der Waals surface area contributed by atoms with Crippen LogP contribution in [0.25, 0.3) is 11.1 Å². The van der Waals surface area contributed by atoms with Gasteiger partial charge < -0.3 is 20.5 Å². The molecule has 0 spiro atoms. The van der Waals surface area contributed by atoms with Gasteiger partial charge in [-0.1, -0.05) is 48.5 Å². The van der Waals surface area contributed by atoms with E-state index in [0.29, 0.717) is 17.8 Å². The highest BCUT2D eigenvalue weighted by Gasteiger charge is 2.50. The summed E-state index contributed by atoms with van der Waals surface area (Å²) in [6.45, 7) is 2.16. The molecule has 1 atom stereocenters. The summed E-state index contributed by atoms with van der Waals surface area (Å²) in [6, 6.07) is 15.9. The van der Waals surface area contributed by atoms with Crippen LogP contribution in [0.4, 0.5) is 4.79 Å². The molecule has 2 amide bonds. The van der Waals surface area contributed by atoms with E-state index in [9.17, 15) is 14.4 Å². The standard InChI is InChI=1S/C26H25N3O5S/c1-15(22-29-21(13-35-22)23(30)31)28-24(32)26(10-11-26)14-27-25(33)34-12-20-18-8-4-2-6-16(18)17-7-3-5-9-19(17)20/h2-9,13,15,20H,10-12,14H2,1H3,(H,27,33)(H,28,32)(H,30,31). The fourth-order valence-corrected chi connectivity index (χ4v) is 5.32. The maximum atomic E-state index is 12.9. The molecule has 1 heterocycles. The van der Waals surface area contributed by atoms with Gasteiger partial charge in [-0.05, 0) is 42.0 Å². The number of carboxylic acid groups (broad SMARTS) is 1. The lowest BCUT2D eigenvalue weighted by molar-refractivity contribution is -0.126.